The van der Waals surface area contributed by atoms with Crippen LogP contribution in [0.4, 0.5) is 5.82 Å². The van der Waals surface area contributed by atoms with E-state index in [4.69, 9.17) is 9.84 Å². The fraction of sp³-hybridized carbons (Fsp3) is 0.333. The van der Waals surface area contributed by atoms with E-state index in [0.29, 0.717) is 12.4 Å². The number of pyridine rings is 1. The molecular weight excluding hydrogens is 306 g/mol. The highest BCUT2D eigenvalue weighted by molar-refractivity contribution is 5.85. The van der Waals surface area contributed by atoms with Crippen LogP contribution in [0.1, 0.15) is 22.1 Å². The van der Waals surface area contributed by atoms with Gasteiger partial charge >= 0.3 is 5.97 Å². The van der Waals surface area contributed by atoms with Crippen LogP contribution in [0.25, 0.3) is 0 Å². The van der Waals surface area contributed by atoms with E-state index in [0.717, 1.165) is 26.3 Å². The Balaban J connectivity index is 1.74. The number of anilines is 1. The van der Waals surface area contributed by atoms with Crippen LogP contribution in [0.2, 0.25) is 0 Å². The van der Waals surface area contributed by atoms with Gasteiger partial charge in [0.25, 0.3) is 0 Å². The molecule has 1 atom stereocenters. The van der Waals surface area contributed by atoms with Crippen LogP contribution >= 0.6 is 0 Å². The number of hydrogen-bond donors (Lipinski definition) is 2. The summed E-state index contributed by atoms with van der Waals surface area (Å²) < 4.78 is 5.45. The molecule has 0 spiro atoms. The van der Waals surface area contributed by atoms with Crippen molar-refractivity contribution in [1.82, 2.24) is 9.88 Å². The monoisotopic (exact) mass is 327 g/mol. The average molecular weight is 327 g/mol. The van der Waals surface area contributed by atoms with Crippen molar-refractivity contribution in [1.29, 1.82) is 0 Å². The summed E-state index contributed by atoms with van der Waals surface area (Å²) in [5, 5.41) is 12.3. The van der Waals surface area contributed by atoms with Crippen LogP contribution in [0.5, 0.6) is 0 Å². The third-order valence-electron chi connectivity index (χ3n) is 4.12. The predicted octanol–water partition coefficient (Wildman–Crippen LogP) is 2.27. The lowest BCUT2D eigenvalue weighted by molar-refractivity contribution is 0.0187. The zero-order valence-electron chi connectivity index (χ0n) is 13.4. The quantitative estimate of drug-likeness (QED) is 0.848. The van der Waals surface area contributed by atoms with E-state index in [-0.39, 0.29) is 11.7 Å². The second-order valence-corrected chi connectivity index (χ2v) is 5.67. The molecule has 0 saturated carbocycles. The SMILES string of the molecule is O=C(O)c1cccc(NCC(c2ccccc2)N2CCOCC2)n1. The molecule has 0 radical (unpaired) electrons. The molecule has 3 rings (SSSR count). The third-order valence-corrected chi connectivity index (χ3v) is 4.12. The van der Waals surface area contributed by atoms with Crippen molar-refractivity contribution in [3.8, 4) is 0 Å². The number of nitrogens with one attached hydrogen (secondary N) is 1. The van der Waals surface area contributed by atoms with E-state index in [1.807, 2.05) is 18.2 Å². The first-order valence-electron chi connectivity index (χ1n) is 8.05. The molecule has 126 valence electrons. The topological polar surface area (TPSA) is 74.7 Å². The molecule has 1 fully saturated rings. The normalized spacial score (nSPS) is 16.5. The molecule has 6 heteroatoms. The van der Waals surface area contributed by atoms with Gasteiger partial charge in [0.2, 0.25) is 0 Å². The average Bonchev–Trinajstić information content (AvgIpc) is 2.64. The molecule has 1 aliphatic heterocycles. The summed E-state index contributed by atoms with van der Waals surface area (Å²) >= 11 is 0. The highest BCUT2D eigenvalue weighted by Crippen LogP contribution is 2.22. The van der Waals surface area contributed by atoms with Gasteiger partial charge in [-0.2, -0.15) is 0 Å². The van der Waals surface area contributed by atoms with E-state index in [1.54, 1.807) is 12.1 Å². The molecule has 2 heterocycles. The Morgan fingerprint density at radius 1 is 1.17 bits per heavy atom. The van der Waals surface area contributed by atoms with E-state index >= 15 is 0 Å². The van der Waals surface area contributed by atoms with E-state index in [9.17, 15) is 4.79 Å². The number of morpholine rings is 1. The molecule has 0 aliphatic carbocycles. The molecule has 1 aromatic heterocycles. The molecular formula is C18H21N3O3. The molecule has 1 unspecified atom stereocenters. The van der Waals surface area contributed by atoms with E-state index < -0.39 is 5.97 Å². The number of carboxylic acids is 1. The molecule has 6 nitrogen and oxygen atoms in total. The van der Waals surface area contributed by atoms with E-state index in [1.165, 1.54) is 11.6 Å². The molecule has 2 aromatic rings. The predicted molar refractivity (Wildman–Crippen MR) is 91.3 cm³/mol. The summed E-state index contributed by atoms with van der Waals surface area (Å²) in [5.41, 5.74) is 1.27. The fourth-order valence-electron chi connectivity index (χ4n) is 2.88. The van der Waals surface area contributed by atoms with Crippen LogP contribution < -0.4 is 5.32 Å². The summed E-state index contributed by atoms with van der Waals surface area (Å²) in [7, 11) is 0. The maximum absolute atomic E-state index is 11.0. The molecule has 24 heavy (non-hydrogen) atoms. The fourth-order valence-corrected chi connectivity index (χ4v) is 2.88. The second kappa shape index (κ2) is 7.90. The number of carboxylic acid groups (broad SMARTS) is 1. The number of aromatic carboxylic acids is 1. The van der Waals surface area contributed by atoms with Gasteiger partial charge in [0, 0.05) is 19.6 Å². The summed E-state index contributed by atoms with van der Waals surface area (Å²) in [4.78, 5) is 17.6. The standard InChI is InChI=1S/C18H21N3O3/c22-18(23)15-7-4-8-17(20-15)19-13-16(14-5-2-1-3-6-14)21-9-11-24-12-10-21/h1-8,16H,9-13H2,(H,19,20)(H,22,23). The summed E-state index contributed by atoms with van der Waals surface area (Å²) in [5.74, 6) is -0.449. The number of nitrogens with zero attached hydrogens (tertiary/aromatic N) is 2. The van der Waals surface area contributed by atoms with Gasteiger partial charge in [-0.15, -0.1) is 0 Å². The van der Waals surface area contributed by atoms with E-state index in [2.05, 4.69) is 27.3 Å². The van der Waals surface area contributed by atoms with Gasteiger partial charge in [0.1, 0.15) is 5.82 Å². The van der Waals surface area contributed by atoms with Gasteiger partial charge in [0.05, 0.1) is 19.3 Å². The van der Waals surface area contributed by atoms with Gasteiger partial charge < -0.3 is 15.2 Å². The molecule has 0 amide bonds. The van der Waals surface area contributed by atoms with Crippen LogP contribution in [0.3, 0.4) is 0 Å². The zero-order valence-corrected chi connectivity index (χ0v) is 13.4. The second-order valence-electron chi connectivity index (χ2n) is 5.67. The Morgan fingerprint density at radius 3 is 2.62 bits per heavy atom. The number of ether oxygens (including phenoxy) is 1. The first-order valence-corrected chi connectivity index (χ1v) is 8.05. The lowest BCUT2D eigenvalue weighted by Gasteiger charge is -2.35. The van der Waals surface area contributed by atoms with Crippen molar-refractivity contribution >= 4 is 11.8 Å². The van der Waals surface area contributed by atoms with Gasteiger partial charge in [-0.1, -0.05) is 36.4 Å². The highest BCUT2D eigenvalue weighted by Gasteiger charge is 2.22. The van der Waals surface area contributed by atoms with Gasteiger partial charge in [-0.25, -0.2) is 9.78 Å². The molecule has 1 aromatic carbocycles. The van der Waals surface area contributed by atoms with Crippen LogP contribution in [0, 0.1) is 0 Å². The maximum Gasteiger partial charge on any atom is 0.354 e. The van der Waals surface area contributed by atoms with Crippen molar-refractivity contribution in [3.63, 3.8) is 0 Å². The van der Waals surface area contributed by atoms with Gasteiger partial charge in [-0.05, 0) is 17.7 Å². The van der Waals surface area contributed by atoms with Crippen molar-refractivity contribution < 1.29 is 14.6 Å². The number of rotatable bonds is 6. The molecule has 1 aliphatic rings. The highest BCUT2D eigenvalue weighted by atomic mass is 16.5. The van der Waals surface area contributed by atoms with Crippen LogP contribution in [0.15, 0.2) is 48.5 Å². The Bertz CT molecular complexity index is 672. The smallest absolute Gasteiger partial charge is 0.354 e. The first kappa shape index (κ1) is 16.4. The minimum Gasteiger partial charge on any atom is -0.477 e. The lowest BCUT2D eigenvalue weighted by atomic mass is 10.0. The number of benzene rings is 1. The zero-order chi connectivity index (χ0) is 16.8. The van der Waals surface area contributed by atoms with Crippen LogP contribution in [-0.2, 0) is 4.74 Å². The summed E-state index contributed by atoms with van der Waals surface area (Å²) in [6.07, 6.45) is 0. The Labute approximate surface area is 141 Å². The molecule has 1 saturated heterocycles. The Hall–Kier alpha value is -2.44. The van der Waals surface area contributed by atoms with Crippen molar-refractivity contribution in [2.75, 3.05) is 38.2 Å². The third kappa shape index (κ3) is 4.10. The minimum absolute atomic E-state index is 0.0441. The molecule has 2 N–H and O–H groups in total. The van der Waals surface area contributed by atoms with Crippen LogP contribution in [-0.4, -0.2) is 53.8 Å². The maximum atomic E-state index is 11.0. The first-order chi connectivity index (χ1) is 11.7. The Morgan fingerprint density at radius 2 is 1.92 bits per heavy atom. The van der Waals surface area contributed by atoms with Crippen molar-refractivity contribution in [2.24, 2.45) is 0 Å². The minimum atomic E-state index is -1.02. The largest absolute Gasteiger partial charge is 0.477 e. The Kier molecular flexibility index (Phi) is 5.40. The number of carbonyl (C=O) groups is 1. The molecule has 0 bridgehead atoms. The van der Waals surface area contributed by atoms with Crippen molar-refractivity contribution in [2.45, 2.75) is 6.04 Å². The van der Waals surface area contributed by atoms with Gasteiger partial charge in [0.15, 0.2) is 5.69 Å². The number of hydrogen-bond acceptors (Lipinski definition) is 5. The summed E-state index contributed by atoms with van der Waals surface area (Å²) in [6, 6.07) is 15.5. The van der Waals surface area contributed by atoms with Gasteiger partial charge in [-0.3, -0.25) is 4.90 Å². The lowest BCUT2D eigenvalue weighted by Crippen LogP contribution is -2.41. The number of aromatic nitrogens is 1. The summed E-state index contributed by atoms with van der Waals surface area (Å²) in [6.45, 7) is 3.87. The van der Waals surface area contributed by atoms with Crippen molar-refractivity contribution in [3.05, 3.63) is 59.8 Å².